The van der Waals surface area contributed by atoms with E-state index in [0.29, 0.717) is 12.5 Å². The van der Waals surface area contributed by atoms with Crippen LogP contribution in [-0.2, 0) is 4.79 Å². The van der Waals surface area contributed by atoms with Crippen LogP contribution in [0.25, 0.3) is 0 Å². The molecule has 3 atom stereocenters. The van der Waals surface area contributed by atoms with Crippen molar-refractivity contribution in [3.05, 3.63) is 0 Å². The third-order valence-electron chi connectivity index (χ3n) is 5.37. The fourth-order valence-corrected chi connectivity index (χ4v) is 4.04. The minimum Gasteiger partial charge on any atom is -0.481 e. The van der Waals surface area contributed by atoms with Crippen LogP contribution in [0.5, 0.6) is 0 Å². The number of hydrogen-bond donors (Lipinski definition) is 2. The van der Waals surface area contributed by atoms with Gasteiger partial charge in [0.1, 0.15) is 0 Å². The molecule has 1 aliphatic rings. The molecule has 130 valence electrons. The predicted octanol–water partition coefficient (Wildman–Crippen LogP) is 5.13. The van der Waals surface area contributed by atoms with Crippen molar-refractivity contribution in [1.29, 1.82) is 0 Å². The number of carboxylic acids is 1. The zero-order chi connectivity index (χ0) is 16.2. The average Bonchev–Trinajstić information content (AvgIpc) is 2.49. The van der Waals surface area contributed by atoms with Crippen molar-refractivity contribution in [3.63, 3.8) is 0 Å². The van der Waals surface area contributed by atoms with Crippen LogP contribution in [-0.4, -0.2) is 17.1 Å². The van der Waals surface area contributed by atoms with E-state index in [1.807, 2.05) is 0 Å². The van der Waals surface area contributed by atoms with Crippen molar-refractivity contribution < 1.29 is 9.90 Å². The standard InChI is InChI=1S/C19H37NO2/c1-2-3-4-7-11-16-12-10-14-18(20)17(16)13-8-5-6-9-15-19(21)22/h16-18H,2-15,20H2,1H3,(H,21,22)/t16-,17+,18-/m0/s1. The van der Waals surface area contributed by atoms with Crippen molar-refractivity contribution in [2.24, 2.45) is 17.6 Å². The molecule has 22 heavy (non-hydrogen) atoms. The Balaban J connectivity index is 2.21. The van der Waals surface area contributed by atoms with Crippen LogP contribution in [0.2, 0.25) is 0 Å². The highest BCUT2D eigenvalue weighted by molar-refractivity contribution is 5.66. The van der Waals surface area contributed by atoms with Gasteiger partial charge in [-0.2, -0.15) is 0 Å². The summed E-state index contributed by atoms with van der Waals surface area (Å²) in [5.74, 6) is 0.899. The molecular formula is C19H37NO2. The maximum absolute atomic E-state index is 10.5. The zero-order valence-electron chi connectivity index (χ0n) is 14.6. The summed E-state index contributed by atoms with van der Waals surface area (Å²) >= 11 is 0. The van der Waals surface area contributed by atoms with E-state index in [9.17, 15) is 4.79 Å². The maximum Gasteiger partial charge on any atom is 0.303 e. The van der Waals surface area contributed by atoms with Gasteiger partial charge in [-0.05, 0) is 31.1 Å². The van der Waals surface area contributed by atoms with E-state index >= 15 is 0 Å². The van der Waals surface area contributed by atoms with Gasteiger partial charge in [0, 0.05) is 12.5 Å². The van der Waals surface area contributed by atoms with Gasteiger partial charge in [-0.15, -0.1) is 0 Å². The second kappa shape index (κ2) is 11.9. The van der Waals surface area contributed by atoms with E-state index in [1.165, 1.54) is 70.6 Å². The molecule has 0 aromatic carbocycles. The normalized spacial score (nSPS) is 25.3. The molecule has 3 nitrogen and oxygen atoms in total. The predicted molar refractivity (Wildman–Crippen MR) is 92.9 cm³/mol. The van der Waals surface area contributed by atoms with Crippen molar-refractivity contribution >= 4 is 5.97 Å². The number of hydrogen-bond acceptors (Lipinski definition) is 2. The molecule has 0 heterocycles. The first kappa shape index (κ1) is 19.5. The van der Waals surface area contributed by atoms with E-state index in [2.05, 4.69) is 6.92 Å². The third-order valence-corrected chi connectivity index (χ3v) is 5.37. The van der Waals surface area contributed by atoms with Gasteiger partial charge in [0.05, 0.1) is 0 Å². The van der Waals surface area contributed by atoms with Gasteiger partial charge in [0.25, 0.3) is 0 Å². The fourth-order valence-electron chi connectivity index (χ4n) is 4.04. The van der Waals surface area contributed by atoms with Crippen LogP contribution in [0, 0.1) is 11.8 Å². The molecule has 0 spiro atoms. The minimum absolute atomic E-state index is 0.322. The van der Waals surface area contributed by atoms with Gasteiger partial charge in [0.15, 0.2) is 0 Å². The second-order valence-corrected chi connectivity index (χ2v) is 7.21. The van der Waals surface area contributed by atoms with Crippen LogP contribution < -0.4 is 5.73 Å². The molecule has 0 aromatic heterocycles. The molecule has 0 bridgehead atoms. The molecule has 1 aliphatic carbocycles. The molecule has 1 fully saturated rings. The van der Waals surface area contributed by atoms with Crippen molar-refractivity contribution in [1.82, 2.24) is 0 Å². The number of carboxylic acid groups (broad SMARTS) is 1. The monoisotopic (exact) mass is 311 g/mol. The van der Waals surface area contributed by atoms with E-state index < -0.39 is 5.97 Å². The van der Waals surface area contributed by atoms with Crippen molar-refractivity contribution in [2.75, 3.05) is 0 Å². The number of unbranched alkanes of at least 4 members (excludes halogenated alkanes) is 6. The molecule has 0 radical (unpaired) electrons. The first-order valence-electron chi connectivity index (χ1n) is 9.62. The molecule has 0 aliphatic heterocycles. The lowest BCUT2D eigenvalue weighted by Crippen LogP contribution is -2.38. The lowest BCUT2D eigenvalue weighted by molar-refractivity contribution is -0.137. The fraction of sp³-hybridized carbons (Fsp3) is 0.947. The number of aliphatic carboxylic acids is 1. The summed E-state index contributed by atoms with van der Waals surface area (Å²) in [5, 5.41) is 8.65. The Hall–Kier alpha value is -0.570. The van der Waals surface area contributed by atoms with Gasteiger partial charge >= 0.3 is 5.97 Å². The lowest BCUT2D eigenvalue weighted by Gasteiger charge is -2.37. The highest BCUT2D eigenvalue weighted by atomic mass is 16.4. The highest BCUT2D eigenvalue weighted by Crippen LogP contribution is 2.36. The van der Waals surface area contributed by atoms with Gasteiger partial charge in [-0.1, -0.05) is 71.1 Å². The summed E-state index contributed by atoms with van der Waals surface area (Å²) in [6.45, 7) is 2.27. The SMILES string of the molecule is CCCCCC[C@H]1CCC[C@H](N)[C@@H]1CCCCCCC(=O)O. The van der Waals surface area contributed by atoms with Gasteiger partial charge in [-0.3, -0.25) is 4.79 Å². The zero-order valence-corrected chi connectivity index (χ0v) is 14.6. The van der Waals surface area contributed by atoms with Crippen molar-refractivity contribution in [3.8, 4) is 0 Å². The Bertz CT molecular complexity index is 293. The Morgan fingerprint density at radius 1 is 1.00 bits per heavy atom. The summed E-state index contributed by atoms with van der Waals surface area (Å²) in [4.78, 5) is 10.5. The van der Waals surface area contributed by atoms with Gasteiger partial charge < -0.3 is 10.8 Å². The minimum atomic E-state index is -0.665. The Morgan fingerprint density at radius 3 is 2.41 bits per heavy atom. The van der Waals surface area contributed by atoms with E-state index in [1.54, 1.807) is 0 Å². The molecule has 3 N–H and O–H groups in total. The average molecular weight is 312 g/mol. The molecule has 0 unspecified atom stereocenters. The topological polar surface area (TPSA) is 63.3 Å². The van der Waals surface area contributed by atoms with Crippen LogP contribution in [0.1, 0.15) is 96.8 Å². The summed E-state index contributed by atoms with van der Waals surface area (Å²) < 4.78 is 0. The number of rotatable bonds is 12. The highest BCUT2D eigenvalue weighted by Gasteiger charge is 2.29. The lowest BCUT2D eigenvalue weighted by atomic mass is 9.72. The molecular weight excluding hydrogens is 274 g/mol. The maximum atomic E-state index is 10.5. The first-order valence-corrected chi connectivity index (χ1v) is 9.62. The third kappa shape index (κ3) is 8.17. The quantitative estimate of drug-likeness (QED) is 0.491. The van der Waals surface area contributed by atoms with E-state index in [-0.39, 0.29) is 0 Å². The molecule has 0 amide bonds. The molecule has 3 heteroatoms. The number of carbonyl (C=O) groups is 1. The largest absolute Gasteiger partial charge is 0.481 e. The summed E-state index contributed by atoms with van der Waals surface area (Å²) in [5.41, 5.74) is 6.40. The second-order valence-electron chi connectivity index (χ2n) is 7.21. The summed E-state index contributed by atoms with van der Waals surface area (Å²) in [6, 6.07) is 0.406. The Morgan fingerprint density at radius 2 is 1.68 bits per heavy atom. The van der Waals surface area contributed by atoms with Crippen LogP contribution in [0.3, 0.4) is 0 Å². The molecule has 1 saturated carbocycles. The Labute approximate surface area is 137 Å². The van der Waals surface area contributed by atoms with Crippen molar-refractivity contribution in [2.45, 2.75) is 103 Å². The Kier molecular flexibility index (Phi) is 10.6. The first-order chi connectivity index (χ1) is 10.6. The van der Waals surface area contributed by atoms with Gasteiger partial charge in [0.2, 0.25) is 0 Å². The smallest absolute Gasteiger partial charge is 0.303 e. The number of nitrogens with two attached hydrogens (primary N) is 1. The summed E-state index contributed by atoms with van der Waals surface area (Å²) in [6.07, 6.45) is 16.5. The van der Waals surface area contributed by atoms with E-state index in [4.69, 9.17) is 10.8 Å². The van der Waals surface area contributed by atoms with Crippen LogP contribution in [0.4, 0.5) is 0 Å². The molecule has 1 rings (SSSR count). The van der Waals surface area contributed by atoms with E-state index in [0.717, 1.165) is 24.7 Å². The van der Waals surface area contributed by atoms with Crippen LogP contribution >= 0.6 is 0 Å². The van der Waals surface area contributed by atoms with Gasteiger partial charge in [-0.25, -0.2) is 0 Å². The molecule has 0 saturated heterocycles. The van der Waals surface area contributed by atoms with Crippen LogP contribution in [0.15, 0.2) is 0 Å². The summed E-state index contributed by atoms with van der Waals surface area (Å²) in [7, 11) is 0. The molecule has 0 aromatic rings.